The highest BCUT2D eigenvalue weighted by molar-refractivity contribution is 5.88. The van der Waals surface area contributed by atoms with Crippen LogP contribution in [0.3, 0.4) is 0 Å². The fourth-order valence-electron chi connectivity index (χ4n) is 0.629. The summed E-state index contributed by atoms with van der Waals surface area (Å²) in [4.78, 5) is 41.2. The lowest BCUT2D eigenvalue weighted by Gasteiger charge is -2.23. The Kier molecular flexibility index (Phi) is 5.96. The summed E-state index contributed by atoms with van der Waals surface area (Å²) in [6.45, 7) is 4.05. The summed E-state index contributed by atoms with van der Waals surface area (Å²) in [6, 6.07) is 0. The Morgan fingerprint density at radius 2 is 1.94 bits per heavy atom. The maximum Gasteiger partial charge on any atom is 0.437 e. The van der Waals surface area contributed by atoms with Crippen molar-refractivity contribution in [2.45, 2.75) is 12.8 Å². The minimum atomic E-state index is -2.80. The van der Waals surface area contributed by atoms with Crippen LogP contribution in [0, 0.1) is 0 Å². The van der Waals surface area contributed by atoms with Gasteiger partial charge in [-0.1, -0.05) is 6.58 Å². The highest BCUT2D eigenvalue weighted by Crippen LogP contribution is 2.05. The normalized spacial score (nSPS) is 13.1. The van der Waals surface area contributed by atoms with Gasteiger partial charge in [0.2, 0.25) is 5.91 Å². The Morgan fingerprint density at radius 3 is 2.33 bits per heavy atom. The molecule has 9 heteroatoms. The first kappa shape index (κ1) is 16.0. The van der Waals surface area contributed by atoms with Crippen molar-refractivity contribution >= 4 is 17.8 Å². The number of hydrogen-bond donors (Lipinski definition) is 3. The lowest BCUT2D eigenvalue weighted by atomic mass is 10.4. The molecule has 18 heavy (non-hydrogen) atoms. The fourth-order valence-corrected chi connectivity index (χ4v) is 0.629. The van der Waals surface area contributed by atoms with E-state index >= 15 is 0 Å². The predicted octanol–water partition coefficient (Wildman–Crippen LogP) is -2.07. The van der Waals surface area contributed by atoms with Crippen molar-refractivity contribution in [3.8, 4) is 0 Å². The van der Waals surface area contributed by atoms with Gasteiger partial charge in [0.05, 0.1) is 6.54 Å². The molecule has 0 radical (unpaired) electrons. The number of rotatable bonds is 5. The van der Waals surface area contributed by atoms with Gasteiger partial charge in [0.15, 0.2) is 0 Å². The van der Waals surface area contributed by atoms with Crippen molar-refractivity contribution in [3.63, 3.8) is 0 Å². The summed E-state index contributed by atoms with van der Waals surface area (Å²) < 4.78 is 4.34. The topological polar surface area (TPSA) is 137 Å². The zero-order valence-corrected chi connectivity index (χ0v) is 9.89. The predicted molar refractivity (Wildman–Crippen MR) is 56.2 cm³/mol. The molecule has 1 atom stereocenters. The van der Waals surface area contributed by atoms with Crippen LogP contribution in [0.5, 0.6) is 0 Å². The van der Waals surface area contributed by atoms with Crippen molar-refractivity contribution in [2.75, 3.05) is 13.7 Å². The summed E-state index contributed by atoms with van der Waals surface area (Å²) in [5.41, 5.74) is 4.94. The van der Waals surface area contributed by atoms with Gasteiger partial charge in [-0.05, 0) is 6.92 Å². The number of amides is 1. The molecule has 0 aliphatic carbocycles. The smallest absolute Gasteiger partial charge is 0.340 e. The van der Waals surface area contributed by atoms with Crippen LogP contribution in [0.2, 0.25) is 0 Å². The average Bonchev–Trinajstić information content (AvgIpc) is 2.34. The maximum absolute atomic E-state index is 11.3. The fraction of sp³-hybridized carbons (Fsp3) is 0.444. The summed E-state index contributed by atoms with van der Waals surface area (Å²) in [6.07, 6.45) is 0. The second-order valence-electron chi connectivity index (χ2n) is 3.12. The Hall–Kier alpha value is -1.97. The van der Waals surface area contributed by atoms with Crippen LogP contribution >= 0.6 is 0 Å². The zero-order chi connectivity index (χ0) is 14.3. The first-order valence-corrected chi connectivity index (χ1v) is 4.64. The Bertz CT molecular complexity index is 368. The van der Waals surface area contributed by atoms with Gasteiger partial charge in [0, 0.05) is 12.7 Å². The Balaban J connectivity index is 4.56. The van der Waals surface area contributed by atoms with E-state index in [-0.39, 0.29) is 5.57 Å². The van der Waals surface area contributed by atoms with Gasteiger partial charge in [0.1, 0.15) is 0 Å². The third-order valence-corrected chi connectivity index (χ3v) is 1.61. The molecule has 0 fully saturated rings. The molecule has 102 valence electrons. The number of hydrogen-bond acceptors (Lipinski definition) is 8. The molecule has 1 amide bonds. The Morgan fingerprint density at radius 1 is 1.39 bits per heavy atom. The van der Waals surface area contributed by atoms with Crippen molar-refractivity contribution in [1.82, 2.24) is 5.32 Å². The molecule has 1 unspecified atom stereocenters. The second-order valence-corrected chi connectivity index (χ2v) is 3.12. The largest absolute Gasteiger partial charge is 0.437 e. The lowest BCUT2D eigenvalue weighted by Crippen LogP contribution is -2.58. The third-order valence-electron chi connectivity index (χ3n) is 1.61. The molecule has 0 aromatic heterocycles. The van der Waals surface area contributed by atoms with E-state index in [0.29, 0.717) is 0 Å². The highest BCUT2D eigenvalue weighted by Gasteiger charge is 2.42. The summed E-state index contributed by atoms with van der Waals surface area (Å²) in [5.74, 6) is -6.26. The van der Waals surface area contributed by atoms with Crippen molar-refractivity contribution in [3.05, 3.63) is 12.2 Å². The molecule has 0 aromatic rings. The average molecular weight is 262 g/mol. The lowest BCUT2D eigenvalue weighted by molar-refractivity contribution is -0.294. The van der Waals surface area contributed by atoms with Gasteiger partial charge in [-0.2, -0.15) is 0 Å². The van der Waals surface area contributed by atoms with Crippen LogP contribution in [0.15, 0.2) is 12.2 Å². The maximum atomic E-state index is 11.3. The SMILES string of the molecule is C=C(C)C(=O)OOC(=O)C(O)(NC(=O)CN)OC. The monoisotopic (exact) mass is 262 g/mol. The van der Waals surface area contributed by atoms with E-state index in [1.165, 1.54) is 6.92 Å². The zero-order valence-electron chi connectivity index (χ0n) is 9.89. The summed E-state index contributed by atoms with van der Waals surface area (Å²) in [7, 11) is 0.915. The van der Waals surface area contributed by atoms with E-state index in [1.807, 2.05) is 0 Å². The second kappa shape index (κ2) is 6.69. The first-order valence-electron chi connectivity index (χ1n) is 4.64. The number of carbonyl (C=O) groups is 3. The van der Waals surface area contributed by atoms with Gasteiger partial charge < -0.3 is 15.6 Å². The molecule has 4 N–H and O–H groups in total. The van der Waals surface area contributed by atoms with Crippen LogP contribution in [0.25, 0.3) is 0 Å². The van der Waals surface area contributed by atoms with Crippen LogP contribution in [-0.2, 0) is 28.9 Å². The molecule has 9 nitrogen and oxygen atoms in total. The molecular weight excluding hydrogens is 248 g/mol. The van der Waals surface area contributed by atoms with Crippen molar-refractivity contribution in [2.24, 2.45) is 5.73 Å². The molecule has 0 saturated carbocycles. The van der Waals surface area contributed by atoms with E-state index in [0.717, 1.165) is 7.11 Å². The molecule has 0 aromatic carbocycles. The van der Waals surface area contributed by atoms with Crippen LogP contribution in [0.1, 0.15) is 6.92 Å². The minimum absolute atomic E-state index is 0.0326. The molecule has 0 aliphatic rings. The van der Waals surface area contributed by atoms with Gasteiger partial charge in [-0.3, -0.25) is 10.1 Å². The van der Waals surface area contributed by atoms with Gasteiger partial charge in [-0.15, -0.1) is 0 Å². The van der Waals surface area contributed by atoms with E-state index in [9.17, 15) is 19.5 Å². The quantitative estimate of drug-likeness (QED) is 0.222. The first-order chi connectivity index (χ1) is 8.26. The van der Waals surface area contributed by atoms with E-state index in [4.69, 9.17) is 5.73 Å². The van der Waals surface area contributed by atoms with E-state index in [1.54, 1.807) is 5.32 Å². The van der Waals surface area contributed by atoms with Crippen molar-refractivity contribution < 1.29 is 34.0 Å². The van der Waals surface area contributed by atoms with Gasteiger partial charge in [-0.25, -0.2) is 19.4 Å². The molecular formula is C9H14N2O7. The molecule has 0 heterocycles. The van der Waals surface area contributed by atoms with Gasteiger partial charge >= 0.3 is 17.8 Å². The van der Waals surface area contributed by atoms with E-state index < -0.39 is 30.3 Å². The number of ether oxygens (including phenoxy) is 1. The summed E-state index contributed by atoms with van der Waals surface area (Å²) >= 11 is 0. The third kappa shape index (κ3) is 4.49. The van der Waals surface area contributed by atoms with Crippen LogP contribution < -0.4 is 11.1 Å². The number of nitrogens with one attached hydrogen (secondary N) is 1. The number of nitrogens with two attached hydrogens (primary N) is 1. The molecule has 0 saturated heterocycles. The highest BCUT2D eigenvalue weighted by atomic mass is 17.2. The minimum Gasteiger partial charge on any atom is -0.340 e. The summed E-state index contributed by atoms with van der Waals surface area (Å²) in [5, 5.41) is 11.3. The molecule has 0 rings (SSSR count). The van der Waals surface area contributed by atoms with Crippen LogP contribution in [0.4, 0.5) is 0 Å². The van der Waals surface area contributed by atoms with Crippen molar-refractivity contribution in [1.29, 1.82) is 0 Å². The number of carbonyl (C=O) groups excluding carboxylic acids is 3. The standard InChI is InChI=1S/C9H14N2O7/c1-5(2)7(13)17-18-8(14)9(15,16-3)11-6(12)4-10/h15H,1,4,10H2,2-3H3,(H,11,12). The molecule has 0 aliphatic heterocycles. The number of aliphatic hydroxyl groups is 1. The van der Waals surface area contributed by atoms with Gasteiger partial charge in [0.25, 0.3) is 0 Å². The number of methoxy groups -OCH3 is 1. The molecule has 0 bridgehead atoms. The van der Waals surface area contributed by atoms with Crippen LogP contribution in [-0.4, -0.2) is 42.5 Å². The molecule has 0 spiro atoms. The Labute approximate surface area is 102 Å². The van der Waals surface area contributed by atoms with E-state index in [2.05, 4.69) is 21.1 Å².